The van der Waals surface area contributed by atoms with Crippen LogP contribution < -0.4 is 5.09 Å². The molecule has 4 nitrogen and oxygen atoms in total. The predicted octanol–water partition coefficient (Wildman–Crippen LogP) is 3.60. The lowest BCUT2D eigenvalue weighted by Gasteiger charge is -2.34. The van der Waals surface area contributed by atoms with Crippen LogP contribution in [0.4, 0.5) is 0 Å². The molecular formula is C14H26NO3P. The summed E-state index contributed by atoms with van der Waals surface area (Å²) in [5, 5.41) is 2.94. The topological polar surface area (TPSA) is 58.6 Å². The van der Waals surface area contributed by atoms with Gasteiger partial charge in [-0.3, -0.25) is 4.52 Å². The molecule has 0 radical (unpaired) electrons. The first-order valence-corrected chi connectivity index (χ1v) is 9.52. The first kappa shape index (κ1) is 14.1. The first-order valence-electron chi connectivity index (χ1n) is 7.95. The molecule has 0 aromatic rings. The Bertz CT molecular complexity index is 321. The van der Waals surface area contributed by atoms with Gasteiger partial charge in [-0.15, -0.1) is 0 Å². The third-order valence-corrected chi connectivity index (χ3v) is 6.36. The highest BCUT2D eigenvalue weighted by Crippen LogP contribution is 2.52. The summed E-state index contributed by atoms with van der Waals surface area (Å²) in [7, 11) is -3.54. The summed E-state index contributed by atoms with van der Waals surface area (Å²) < 4.78 is 17.5. The average Bonchev–Trinajstić information content (AvgIpc) is 2.77. The van der Waals surface area contributed by atoms with Gasteiger partial charge in [-0.05, 0) is 37.5 Å². The van der Waals surface area contributed by atoms with Crippen LogP contribution in [-0.4, -0.2) is 17.0 Å². The summed E-state index contributed by atoms with van der Waals surface area (Å²) >= 11 is 0. The Balaban J connectivity index is 1.72. The molecule has 3 rings (SSSR count). The van der Waals surface area contributed by atoms with Crippen molar-refractivity contribution in [3.05, 3.63) is 0 Å². The van der Waals surface area contributed by atoms with Crippen molar-refractivity contribution in [2.24, 2.45) is 11.8 Å². The fourth-order valence-corrected chi connectivity index (χ4v) is 5.66. The lowest BCUT2D eigenvalue weighted by molar-refractivity contribution is 0.0773. The number of nitrogens with one attached hydrogen (secondary N) is 1. The lowest BCUT2D eigenvalue weighted by Crippen LogP contribution is -2.42. The molecule has 0 amide bonds. The van der Waals surface area contributed by atoms with Crippen LogP contribution in [0.5, 0.6) is 0 Å². The smallest absolute Gasteiger partial charge is 0.312 e. The molecule has 3 fully saturated rings. The molecule has 19 heavy (non-hydrogen) atoms. The molecule has 0 spiro atoms. The summed E-state index contributed by atoms with van der Waals surface area (Å²) in [5.41, 5.74) is 0. The van der Waals surface area contributed by atoms with Crippen molar-refractivity contribution in [2.75, 3.05) is 0 Å². The second-order valence-corrected chi connectivity index (χ2v) is 8.05. The minimum Gasteiger partial charge on any atom is -0.312 e. The Morgan fingerprint density at radius 1 is 0.895 bits per heavy atom. The normalized spacial score (nSPS) is 42.6. The first-order chi connectivity index (χ1) is 9.16. The maximum Gasteiger partial charge on any atom is 0.403 e. The third-order valence-electron chi connectivity index (χ3n) is 5.20. The van der Waals surface area contributed by atoms with E-state index in [2.05, 4.69) is 5.09 Å². The van der Waals surface area contributed by atoms with Crippen molar-refractivity contribution >= 4 is 7.75 Å². The van der Waals surface area contributed by atoms with Gasteiger partial charge in [0.15, 0.2) is 0 Å². The molecule has 1 aliphatic heterocycles. The Labute approximate surface area is 115 Å². The second kappa shape index (κ2) is 5.85. The highest BCUT2D eigenvalue weighted by molar-refractivity contribution is 7.50. The fourth-order valence-electron chi connectivity index (χ4n) is 4.23. The average molecular weight is 287 g/mol. The quantitative estimate of drug-likeness (QED) is 0.762. The van der Waals surface area contributed by atoms with Crippen LogP contribution in [0.3, 0.4) is 0 Å². The van der Waals surface area contributed by atoms with Gasteiger partial charge < -0.3 is 4.89 Å². The van der Waals surface area contributed by atoms with Crippen LogP contribution in [0.25, 0.3) is 0 Å². The molecule has 0 bridgehead atoms. The van der Waals surface area contributed by atoms with Crippen LogP contribution in [0.1, 0.15) is 64.2 Å². The van der Waals surface area contributed by atoms with E-state index in [1.54, 1.807) is 0 Å². The van der Waals surface area contributed by atoms with Crippen molar-refractivity contribution in [1.29, 1.82) is 0 Å². The van der Waals surface area contributed by atoms with Gasteiger partial charge in [-0.2, -0.15) is 0 Å². The zero-order valence-corrected chi connectivity index (χ0v) is 12.5. The Morgan fingerprint density at radius 2 is 1.42 bits per heavy atom. The minimum absolute atomic E-state index is 0.0285. The molecule has 110 valence electrons. The largest absolute Gasteiger partial charge is 0.403 e. The Hall–Kier alpha value is 0.110. The van der Waals surface area contributed by atoms with Crippen LogP contribution >= 0.6 is 7.75 Å². The number of hydrogen-bond acceptors (Lipinski definition) is 2. The zero-order chi connectivity index (χ0) is 13.3. The molecule has 3 unspecified atom stereocenters. The predicted molar refractivity (Wildman–Crippen MR) is 74.8 cm³/mol. The maximum atomic E-state index is 11.9. The molecular weight excluding hydrogens is 261 g/mol. The summed E-state index contributed by atoms with van der Waals surface area (Å²) in [6.07, 6.45) is 12.3. The van der Waals surface area contributed by atoms with E-state index < -0.39 is 7.75 Å². The van der Waals surface area contributed by atoms with Crippen LogP contribution in [0.2, 0.25) is 0 Å². The van der Waals surface area contributed by atoms with Gasteiger partial charge in [-0.1, -0.05) is 38.5 Å². The molecule has 2 aliphatic carbocycles. The van der Waals surface area contributed by atoms with Gasteiger partial charge in [0.05, 0.1) is 6.10 Å². The summed E-state index contributed by atoms with van der Waals surface area (Å²) in [5.74, 6) is 1.01. The summed E-state index contributed by atoms with van der Waals surface area (Å²) in [6, 6.07) is 0.110. The molecule has 5 heteroatoms. The molecule has 0 aromatic carbocycles. The number of hydrogen-bond donors (Lipinski definition) is 2. The standard InChI is InChI=1S/C14H26NO3P/c16-19(17)15-13(11-7-3-1-4-8-11)14(18-19)12-9-5-2-6-10-12/h11-14H,1-10H2,(H2,15,16,17). The van der Waals surface area contributed by atoms with E-state index in [1.807, 2.05) is 0 Å². The SMILES string of the molecule is O=P1(O)NC(C2CCCCC2)C(C2CCCCC2)O1. The third kappa shape index (κ3) is 3.24. The summed E-state index contributed by atoms with van der Waals surface area (Å²) in [4.78, 5) is 9.82. The molecule has 1 heterocycles. The molecule has 0 aromatic heterocycles. The Morgan fingerprint density at radius 3 is 2.00 bits per heavy atom. The van der Waals surface area contributed by atoms with Gasteiger partial charge in [0.2, 0.25) is 0 Å². The Kier molecular flexibility index (Phi) is 4.33. The zero-order valence-electron chi connectivity index (χ0n) is 11.6. The van der Waals surface area contributed by atoms with Gasteiger partial charge in [0, 0.05) is 6.04 Å². The van der Waals surface area contributed by atoms with E-state index in [0.717, 1.165) is 12.8 Å². The molecule has 2 saturated carbocycles. The molecule has 1 saturated heterocycles. The van der Waals surface area contributed by atoms with Crippen molar-refractivity contribution in [3.8, 4) is 0 Å². The van der Waals surface area contributed by atoms with Crippen LogP contribution in [0, 0.1) is 11.8 Å². The molecule has 2 N–H and O–H groups in total. The fraction of sp³-hybridized carbons (Fsp3) is 1.00. The highest BCUT2D eigenvalue weighted by atomic mass is 31.2. The van der Waals surface area contributed by atoms with E-state index in [0.29, 0.717) is 11.8 Å². The second-order valence-electron chi connectivity index (χ2n) is 6.54. The van der Waals surface area contributed by atoms with Crippen molar-refractivity contribution in [1.82, 2.24) is 5.09 Å². The van der Waals surface area contributed by atoms with E-state index >= 15 is 0 Å². The van der Waals surface area contributed by atoms with Gasteiger partial charge in [0.25, 0.3) is 0 Å². The van der Waals surface area contributed by atoms with Crippen molar-refractivity contribution < 1.29 is 14.0 Å². The highest BCUT2D eigenvalue weighted by Gasteiger charge is 2.48. The van der Waals surface area contributed by atoms with Gasteiger partial charge in [-0.25, -0.2) is 9.65 Å². The minimum atomic E-state index is -3.54. The molecule has 3 atom stereocenters. The lowest BCUT2D eigenvalue weighted by atomic mass is 9.76. The summed E-state index contributed by atoms with van der Waals surface area (Å²) in [6.45, 7) is 0. The number of rotatable bonds is 2. The van der Waals surface area contributed by atoms with Crippen LogP contribution in [0.15, 0.2) is 0 Å². The van der Waals surface area contributed by atoms with E-state index in [9.17, 15) is 9.46 Å². The molecule has 3 aliphatic rings. The monoisotopic (exact) mass is 287 g/mol. The van der Waals surface area contributed by atoms with Crippen molar-refractivity contribution in [2.45, 2.75) is 76.4 Å². The van der Waals surface area contributed by atoms with Gasteiger partial charge >= 0.3 is 7.75 Å². The van der Waals surface area contributed by atoms with Crippen molar-refractivity contribution in [3.63, 3.8) is 0 Å². The van der Waals surface area contributed by atoms with E-state index in [4.69, 9.17) is 4.52 Å². The van der Waals surface area contributed by atoms with Crippen LogP contribution in [-0.2, 0) is 9.09 Å². The van der Waals surface area contributed by atoms with Gasteiger partial charge in [0.1, 0.15) is 0 Å². The van der Waals surface area contributed by atoms with E-state index in [1.165, 1.54) is 51.4 Å². The maximum absolute atomic E-state index is 11.9. The van der Waals surface area contributed by atoms with E-state index in [-0.39, 0.29) is 12.1 Å².